The lowest BCUT2D eigenvalue weighted by molar-refractivity contribution is -0.272. The third kappa shape index (κ3) is 6.13. The minimum absolute atomic E-state index is 0.258. The van der Waals surface area contributed by atoms with Crippen LogP contribution in [0.1, 0.15) is 33.9 Å². The Morgan fingerprint density at radius 3 is 2.03 bits per heavy atom. The molecular formula is C21H24N4O9. The monoisotopic (exact) mass is 476 g/mol. The maximum absolute atomic E-state index is 11.9. The van der Waals surface area contributed by atoms with Crippen molar-refractivity contribution in [2.45, 2.75) is 58.3 Å². The second-order valence-corrected chi connectivity index (χ2v) is 7.39. The molecule has 182 valence electrons. The number of tetrazole rings is 1. The van der Waals surface area contributed by atoms with Crippen molar-refractivity contribution in [2.24, 2.45) is 0 Å². The molecule has 0 aliphatic carbocycles. The van der Waals surface area contributed by atoms with Gasteiger partial charge in [-0.15, -0.1) is 15.0 Å². The third-order valence-corrected chi connectivity index (χ3v) is 4.65. The fraction of sp³-hybridized carbons (Fsp3) is 0.476. The molecule has 0 N–H and O–H groups in total. The molecule has 1 aliphatic rings. The highest BCUT2D eigenvalue weighted by molar-refractivity contribution is 5.68. The summed E-state index contributed by atoms with van der Waals surface area (Å²) in [7, 11) is 0. The quantitative estimate of drug-likeness (QED) is 0.405. The Balaban J connectivity index is 2.03. The number of benzene rings is 1. The first kappa shape index (κ1) is 24.8. The third-order valence-electron chi connectivity index (χ3n) is 4.65. The Morgan fingerprint density at radius 1 is 0.853 bits per heavy atom. The molecule has 0 spiro atoms. The van der Waals surface area contributed by atoms with E-state index >= 15 is 0 Å². The molecule has 0 amide bonds. The fourth-order valence-electron chi connectivity index (χ4n) is 3.43. The van der Waals surface area contributed by atoms with Crippen LogP contribution in [0, 0.1) is 0 Å². The van der Waals surface area contributed by atoms with Crippen LogP contribution in [0.2, 0.25) is 0 Å². The van der Waals surface area contributed by atoms with Crippen molar-refractivity contribution in [1.29, 1.82) is 0 Å². The van der Waals surface area contributed by atoms with Crippen molar-refractivity contribution in [1.82, 2.24) is 20.2 Å². The van der Waals surface area contributed by atoms with Gasteiger partial charge in [-0.05, 0) is 5.21 Å². The molecule has 2 aromatic rings. The molecule has 0 unspecified atom stereocenters. The molecule has 3 rings (SSSR count). The Bertz CT molecular complexity index is 1040. The van der Waals surface area contributed by atoms with Crippen LogP contribution >= 0.6 is 0 Å². The molecule has 13 heteroatoms. The molecule has 1 aromatic carbocycles. The van der Waals surface area contributed by atoms with Gasteiger partial charge >= 0.3 is 23.9 Å². The number of rotatable bonds is 7. The van der Waals surface area contributed by atoms with E-state index in [4.69, 9.17) is 23.7 Å². The number of hydrogen-bond donors (Lipinski definition) is 0. The van der Waals surface area contributed by atoms with E-state index in [2.05, 4.69) is 15.4 Å². The van der Waals surface area contributed by atoms with Gasteiger partial charge in [-0.2, -0.15) is 0 Å². The second kappa shape index (κ2) is 10.8. The Labute approximate surface area is 194 Å². The number of carbonyl (C=O) groups is 4. The predicted octanol–water partition coefficient (Wildman–Crippen LogP) is 0.596. The minimum Gasteiger partial charge on any atom is -0.463 e. The number of aromatic nitrogens is 4. The SMILES string of the molecule is CC(=O)OC[C@H]1O[C@@H](n2nnc(-c3ccccc3)n2)[C@H](OC(C)=O)[C@@H](OC(C)=O)[C@@H]1OC(C)=O. The van der Waals surface area contributed by atoms with E-state index < -0.39 is 54.5 Å². The molecular weight excluding hydrogens is 452 g/mol. The zero-order valence-electron chi connectivity index (χ0n) is 18.9. The standard InChI is InChI=1S/C21H24N4O9/c1-11(26)30-10-16-17(31-12(2)27)18(32-13(3)28)19(33-14(4)29)21(34-16)25-23-20(22-24-25)15-8-6-5-7-9-15/h5-9,16-19,21H,10H2,1-4H3/t16-,17-,18+,19-,21-/m1/s1. The van der Waals surface area contributed by atoms with Gasteiger partial charge in [0.2, 0.25) is 12.1 Å². The number of ether oxygens (including phenoxy) is 5. The van der Waals surface area contributed by atoms with Crippen molar-refractivity contribution in [3.63, 3.8) is 0 Å². The Morgan fingerprint density at radius 2 is 1.44 bits per heavy atom. The van der Waals surface area contributed by atoms with E-state index in [9.17, 15) is 19.2 Å². The summed E-state index contributed by atoms with van der Waals surface area (Å²) in [5.74, 6) is -2.53. The maximum Gasteiger partial charge on any atom is 0.303 e. The summed E-state index contributed by atoms with van der Waals surface area (Å²) in [6, 6.07) is 8.96. The van der Waals surface area contributed by atoms with E-state index in [1.54, 1.807) is 24.3 Å². The van der Waals surface area contributed by atoms with Gasteiger partial charge in [0.1, 0.15) is 12.7 Å². The maximum atomic E-state index is 11.9. The summed E-state index contributed by atoms with van der Waals surface area (Å²) in [4.78, 5) is 48.1. The number of carbonyl (C=O) groups excluding carboxylic acids is 4. The number of nitrogens with zero attached hydrogens (tertiary/aromatic N) is 4. The summed E-state index contributed by atoms with van der Waals surface area (Å²) in [5.41, 5.74) is 0.666. The van der Waals surface area contributed by atoms with E-state index in [0.29, 0.717) is 5.56 Å². The first-order chi connectivity index (χ1) is 16.2. The van der Waals surface area contributed by atoms with Crippen LogP contribution in [0.15, 0.2) is 30.3 Å². The van der Waals surface area contributed by atoms with E-state index in [1.165, 1.54) is 6.92 Å². The van der Waals surface area contributed by atoms with Gasteiger partial charge in [0.05, 0.1) is 0 Å². The van der Waals surface area contributed by atoms with Crippen LogP contribution < -0.4 is 0 Å². The molecule has 1 saturated heterocycles. The van der Waals surface area contributed by atoms with Crippen LogP contribution in [0.4, 0.5) is 0 Å². The molecule has 1 aromatic heterocycles. The van der Waals surface area contributed by atoms with Crippen LogP contribution in [0.3, 0.4) is 0 Å². The molecule has 5 atom stereocenters. The lowest BCUT2D eigenvalue weighted by Gasteiger charge is -2.43. The van der Waals surface area contributed by atoms with Crippen molar-refractivity contribution < 1.29 is 42.9 Å². The first-order valence-corrected chi connectivity index (χ1v) is 10.3. The molecule has 0 bridgehead atoms. The lowest BCUT2D eigenvalue weighted by atomic mass is 9.97. The van der Waals surface area contributed by atoms with Crippen LogP contribution in [0.25, 0.3) is 11.4 Å². The van der Waals surface area contributed by atoms with Crippen molar-refractivity contribution in [3.05, 3.63) is 30.3 Å². The fourth-order valence-corrected chi connectivity index (χ4v) is 3.43. The lowest BCUT2D eigenvalue weighted by Crippen LogP contribution is -2.60. The molecule has 1 fully saturated rings. The molecule has 0 radical (unpaired) electrons. The van der Waals surface area contributed by atoms with Gasteiger partial charge in [-0.3, -0.25) is 19.2 Å². The first-order valence-electron chi connectivity index (χ1n) is 10.3. The molecule has 34 heavy (non-hydrogen) atoms. The van der Waals surface area contributed by atoms with Gasteiger partial charge in [-0.1, -0.05) is 30.3 Å². The summed E-state index contributed by atoms with van der Waals surface area (Å²) in [6.07, 6.45) is -6.28. The van der Waals surface area contributed by atoms with E-state index in [1.807, 2.05) is 6.07 Å². The molecule has 13 nitrogen and oxygen atoms in total. The van der Waals surface area contributed by atoms with E-state index in [-0.39, 0.29) is 12.4 Å². The van der Waals surface area contributed by atoms with Gasteiger partial charge in [0.15, 0.2) is 18.3 Å². The number of esters is 4. The van der Waals surface area contributed by atoms with Gasteiger partial charge in [-0.25, -0.2) is 0 Å². The highest BCUT2D eigenvalue weighted by Crippen LogP contribution is 2.34. The Hall–Kier alpha value is -3.87. The molecule has 1 aliphatic heterocycles. The van der Waals surface area contributed by atoms with Gasteiger partial charge in [0, 0.05) is 33.3 Å². The Kier molecular flexibility index (Phi) is 7.89. The van der Waals surface area contributed by atoms with E-state index in [0.717, 1.165) is 25.6 Å². The molecule has 0 saturated carbocycles. The highest BCUT2D eigenvalue weighted by Gasteiger charge is 2.53. The van der Waals surface area contributed by atoms with Crippen molar-refractivity contribution in [3.8, 4) is 11.4 Å². The summed E-state index contributed by atoms with van der Waals surface area (Å²) < 4.78 is 27.2. The topological polar surface area (TPSA) is 158 Å². The summed E-state index contributed by atoms with van der Waals surface area (Å²) in [6.45, 7) is 4.28. The smallest absolute Gasteiger partial charge is 0.303 e. The second-order valence-electron chi connectivity index (χ2n) is 7.39. The van der Waals surface area contributed by atoms with Gasteiger partial charge < -0.3 is 23.7 Å². The van der Waals surface area contributed by atoms with Gasteiger partial charge in [0.25, 0.3) is 0 Å². The van der Waals surface area contributed by atoms with Crippen LogP contribution in [0.5, 0.6) is 0 Å². The molecule has 2 heterocycles. The predicted molar refractivity (Wildman–Crippen MR) is 110 cm³/mol. The summed E-state index contributed by atoms with van der Waals surface area (Å²) in [5, 5.41) is 12.3. The largest absolute Gasteiger partial charge is 0.463 e. The zero-order valence-corrected chi connectivity index (χ0v) is 18.9. The van der Waals surface area contributed by atoms with Crippen LogP contribution in [-0.4, -0.2) is 75.1 Å². The average molecular weight is 476 g/mol. The van der Waals surface area contributed by atoms with Crippen molar-refractivity contribution in [2.75, 3.05) is 6.61 Å². The van der Waals surface area contributed by atoms with Crippen LogP contribution in [-0.2, 0) is 42.9 Å². The minimum atomic E-state index is -1.32. The van der Waals surface area contributed by atoms with Crippen molar-refractivity contribution >= 4 is 23.9 Å². The summed E-state index contributed by atoms with van der Waals surface area (Å²) >= 11 is 0. The number of hydrogen-bond acceptors (Lipinski definition) is 12. The zero-order chi connectivity index (χ0) is 24.8. The normalized spacial score (nSPS) is 24.1. The highest BCUT2D eigenvalue weighted by atomic mass is 16.7. The average Bonchev–Trinajstić information content (AvgIpc) is 3.25.